The maximum absolute atomic E-state index is 13.2. The fraction of sp³-hybridized carbons (Fsp3) is 0.125. The van der Waals surface area contributed by atoms with E-state index in [9.17, 15) is 4.39 Å². The highest BCUT2D eigenvalue weighted by molar-refractivity contribution is 6.30. The molecule has 0 saturated carbocycles. The fourth-order valence-electron chi connectivity index (χ4n) is 1.63. The van der Waals surface area contributed by atoms with Crippen molar-refractivity contribution in [2.45, 2.75) is 13.3 Å². The summed E-state index contributed by atoms with van der Waals surface area (Å²) in [7, 11) is 0. The molecule has 20 heavy (non-hydrogen) atoms. The van der Waals surface area contributed by atoms with Crippen LogP contribution in [0.25, 0.3) is 0 Å². The summed E-state index contributed by atoms with van der Waals surface area (Å²) in [4.78, 5) is 0. The largest absolute Gasteiger partial charge is 0.205 e. The number of hydrogen-bond acceptors (Lipinski definition) is 2. The number of halogens is 2. The first-order valence-electron chi connectivity index (χ1n) is 6.29. The van der Waals surface area contributed by atoms with Gasteiger partial charge in [-0.15, -0.1) is 0 Å². The topological polar surface area (TPSA) is 24.7 Å². The van der Waals surface area contributed by atoms with E-state index in [0.717, 1.165) is 12.0 Å². The minimum Gasteiger partial charge on any atom is -0.205 e. The second-order valence-corrected chi connectivity index (χ2v) is 4.67. The van der Waals surface area contributed by atoms with Crippen molar-refractivity contribution < 1.29 is 4.39 Å². The van der Waals surface area contributed by atoms with Gasteiger partial charge in [-0.3, -0.25) is 0 Å². The highest BCUT2D eigenvalue weighted by atomic mass is 35.5. The molecule has 2 nitrogen and oxygen atoms in total. The second kappa shape index (κ2) is 6.96. The monoisotopic (exact) mass is 288 g/mol. The Labute approximate surface area is 122 Å². The molecule has 2 aromatic rings. The lowest BCUT2D eigenvalue weighted by molar-refractivity contribution is 0.628. The number of hydrogen-bond donors (Lipinski definition) is 0. The fourth-order valence-corrected chi connectivity index (χ4v) is 1.75. The van der Waals surface area contributed by atoms with Crippen LogP contribution in [0, 0.1) is 5.82 Å². The molecule has 4 heteroatoms. The molecule has 2 aromatic carbocycles. The van der Waals surface area contributed by atoms with E-state index in [4.69, 9.17) is 11.6 Å². The second-order valence-electron chi connectivity index (χ2n) is 4.26. The predicted molar refractivity (Wildman–Crippen MR) is 82.4 cm³/mol. The van der Waals surface area contributed by atoms with Gasteiger partial charge in [0.25, 0.3) is 0 Å². The molecular formula is C16H14ClFN2. The van der Waals surface area contributed by atoms with Gasteiger partial charge < -0.3 is 0 Å². The van der Waals surface area contributed by atoms with Crippen molar-refractivity contribution in [3.63, 3.8) is 0 Å². The molecule has 0 aromatic heterocycles. The van der Waals surface area contributed by atoms with E-state index in [-0.39, 0.29) is 5.02 Å². The zero-order valence-electron chi connectivity index (χ0n) is 11.1. The van der Waals surface area contributed by atoms with Crippen LogP contribution in [0.2, 0.25) is 5.02 Å². The lowest BCUT2D eigenvalue weighted by Crippen LogP contribution is -1.85. The third kappa shape index (κ3) is 4.00. The Morgan fingerprint density at radius 3 is 2.20 bits per heavy atom. The molecule has 0 amide bonds. The van der Waals surface area contributed by atoms with Crippen molar-refractivity contribution in [2.24, 2.45) is 10.2 Å². The maximum atomic E-state index is 13.2. The van der Waals surface area contributed by atoms with Gasteiger partial charge in [0.1, 0.15) is 5.82 Å². The standard InChI is InChI=1S/C16H14ClFN2/c1-2-12-3-5-13(6-4-12)10-19-20-11-14-7-8-15(17)16(18)9-14/h3-11H,2H2,1H3/b19-10+,20-11+. The van der Waals surface area contributed by atoms with Crippen LogP contribution in [-0.4, -0.2) is 12.4 Å². The zero-order chi connectivity index (χ0) is 14.4. The number of nitrogens with zero attached hydrogens (tertiary/aromatic N) is 2. The van der Waals surface area contributed by atoms with Crippen LogP contribution in [-0.2, 0) is 6.42 Å². The molecule has 0 spiro atoms. The summed E-state index contributed by atoms with van der Waals surface area (Å²) in [6, 6.07) is 12.6. The van der Waals surface area contributed by atoms with Crippen LogP contribution < -0.4 is 0 Å². The summed E-state index contributed by atoms with van der Waals surface area (Å²) >= 11 is 5.60. The quantitative estimate of drug-likeness (QED) is 0.585. The Morgan fingerprint density at radius 2 is 1.60 bits per heavy atom. The van der Waals surface area contributed by atoms with Crippen LogP contribution in [0.4, 0.5) is 4.39 Å². The Balaban J connectivity index is 2.01. The first-order chi connectivity index (χ1) is 9.69. The lowest BCUT2D eigenvalue weighted by atomic mass is 10.1. The van der Waals surface area contributed by atoms with E-state index in [1.807, 2.05) is 12.1 Å². The normalized spacial score (nSPS) is 11.6. The Morgan fingerprint density at radius 1 is 1.00 bits per heavy atom. The van der Waals surface area contributed by atoms with Gasteiger partial charge in [-0.25, -0.2) is 4.39 Å². The van der Waals surface area contributed by atoms with E-state index < -0.39 is 5.82 Å². The van der Waals surface area contributed by atoms with E-state index in [0.29, 0.717) is 5.56 Å². The summed E-state index contributed by atoms with van der Waals surface area (Å²) in [5, 5.41) is 7.92. The Bertz CT molecular complexity index is 633. The molecule has 0 atom stereocenters. The first kappa shape index (κ1) is 14.4. The summed E-state index contributed by atoms with van der Waals surface area (Å²) in [6.07, 6.45) is 4.15. The molecular weight excluding hydrogens is 275 g/mol. The average Bonchev–Trinajstić information content (AvgIpc) is 2.48. The Hall–Kier alpha value is -2.00. The number of benzene rings is 2. The van der Waals surface area contributed by atoms with Crippen molar-refractivity contribution in [2.75, 3.05) is 0 Å². The first-order valence-corrected chi connectivity index (χ1v) is 6.67. The van der Waals surface area contributed by atoms with Crippen molar-refractivity contribution >= 4 is 24.0 Å². The summed E-state index contributed by atoms with van der Waals surface area (Å²) in [5.74, 6) is -0.463. The lowest BCUT2D eigenvalue weighted by Gasteiger charge is -1.96. The molecule has 0 radical (unpaired) electrons. The van der Waals surface area contributed by atoms with Gasteiger partial charge in [-0.2, -0.15) is 10.2 Å². The van der Waals surface area contributed by atoms with Crippen LogP contribution in [0.5, 0.6) is 0 Å². The van der Waals surface area contributed by atoms with Gasteiger partial charge in [0.05, 0.1) is 17.5 Å². The summed E-state index contributed by atoms with van der Waals surface area (Å²) in [5.41, 5.74) is 2.87. The summed E-state index contributed by atoms with van der Waals surface area (Å²) in [6.45, 7) is 2.11. The predicted octanol–water partition coefficient (Wildman–Crippen LogP) is 4.49. The number of aryl methyl sites for hydroxylation is 1. The smallest absolute Gasteiger partial charge is 0.142 e. The molecule has 0 aliphatic rings. The van der Waals surface area contributed by atoms with Crippen molar-refractivity contribution in [3.05, 3.63) is 70.0 Å². The van der Waals surface area contributed by atoms with Gasteiger partial charge in [-0.1, -0.05) is 48.9 Å². The Kier molecular flexibility index (Phi) is 5.02. The van der Waals surface area contributed by atoms with Crippen molar-refractivity contribution in [3.8, 4) is 0 Å². The third-order valence-electron chi connectivity index (χ3n) is 2.81. The highest BCUT2D eigenvalue weighted by Gasteiger charge is 1.98. The minimum atomic E-state index is -0.463. The van der Waals surface area contributed by atoms with Gasteiger partial charge in [0, 0.05) is 0 Å². The molecule has 0 fully saturated rings. The SMILES string of the molecule is CCc1ccc(/C=N/N=C/c2ccc(Cl)c(F)c2)cc1. The highest BCUT2D eigenvalue weighted by Crippen LogP contribution is 2.14. The molecule has 0 aliphatic carbocycles. The molecule has 102 valence electrons. The number of rotatable bonds is 4. The van der Waals surface area contributed by atoms with Crippen LogP contribution in [0.15, 0.2) is 52.7 Å². The maximum Gasteiger partial charge on any atom is 0.142 e. The average molecular weight is 289 g/mol. The van der Waals surface area contributed by atoms with E-state index in [1.54, 1.807) is 12.3 Å². The molecule has 0 heterocycles. The van der Waals surface area contributed by atoms with Crippen LogP contribution in [0.3, 0.4) is 0 Å². The van der Waals surface area contributed by atoms with E-state index in [1.165, 1.54) is 23.9 Å². The molecule has 0 bridgehead atoms. The van der Waals surface area contributed by atoms with Crippen LogP contribution in [0.1, 0.15) is 23.6 Å². The van der Waals surface area contributed by atoms with Gasteiger partial charge in [-0.05, 0) is 35.2 Å². The minimum absolute atomic E-state index is 0.0988. The van der Waals surface area contributed by atoms with Gasteiger partial charge in [0.15, 0.2) is 0 Å². The molecule has 2 rings (SSSR count). The van der Waals surface area contributed by atoms with Crippen LogP contribution >= 0.6 is 11.6 Å². The van der Waals surface area contributed by atoms with E-state index >= 15 is 0 Å². The zero-order valence-corrected chi connectivity index (χ0v) is 11.8. The van der Waals surface area contributed by atoms with Crippen molar-refractivity contribution in [1.82, 2.24) is 0 Å². The molecule has 0 unspecified atom stereocenters. The molecule has 0 N–H and O–H groups in total. The van der Waals surface area contributed by atoms with Crippen molar-refractivity contribution in [1.29, 1.82) is 0 Å². The van der Waals surface area contributed by atoms with E-state index in [2.05, 4.69) is 29.3 Å². The molecule has 0 aliphatic heterocycles. The summed E-state index contributed by atoms with van der Waals surface area (Å²) < 4.78 is 13.2. The third-order valence-corrected chi connectivity index (χ3v) is 3.12. The molecule has 0 saturated heterocycles. The van der Waals surface area contributed by atoms with Gasteiger partial charge in [0.2, 0.25) is 0 Å². The van der Waals surface area contributed by atoms with Gasteiger partial charge >= 0.3 is 0 Å².